The zero-order chi connectivity index (χ0) is 11.0. The fourth-order valence-corrected chi connectivity index (χ4v) is 1.71. The number of rotatable bonds is 5. The first-order valence-electron chi connectivity index (χ1n) is 4.97. The van der Waals surface area contributed by atoms with Crippen LogP contribution in [0.5, 0.6) is 0 Å². The minimum absolute atomic E-state index is 0.937. The van der Waals surface area contributed by atoms with E-state index in [9.17, 15) is 0 Å². The molecule has 0 fully saturated rings. The van der Waals surface area contributed by atoms with Gasteiger partial charge in [0.1, 0.15) is 0 Å². The molecule has 0 aromatic carbocycles. The minimum atomic E-state index is 0.937. The molecule has 0 spiro atoms. The van der Waals surface area contributed by atoms with Gasteiger partial charge in [0.15, 0.2) is 5.96 Å². The van der Waals surface area contributed by atoms with E-state index in [0.717, 1.165) is 12.5 Å². The lowest BCUT2D eigenvalue weighted by Gasteiger charge is -2.22. The van der Waals surface area contributed by atoms with Gasteiger partial charge < -0.3 is 9.80 Å². The van der Waals surface area contributed by atoms with Gasteiger partial charge in [0.25, 0.3) is 0 Å². The molecule has 0 saturated heterocycles. The van der Waals surface area contributed by atoms with Crippen molar-refractivity contribution in [1.82, 2.24) is 9.80 Å². The average molecular weight is 217 g/mol. The first-order chi connectivity index (χ1) is 6.59. The molecule has 0 saturated carbocycles. The monoisotopic (exact) mass is 217 g/mol. The predicted molar refractivity (Wildman–Crippen MR) is 67.3 cm³/mol. The standard InChI is InChI=1S/C10H23N3S/c1-12(2)10(13(3)4)11-8-6-7-9-14-5/h6-9H2,1-5H3. The Balaban J connectivity index is 3.80. The van der Waals surface area contributed by atoms with Gasteiger partial charge >= 0.3 is 0 Å². The Bertz CT molecular complexity index is 157. The summed E-state index contributed by atoms with van der Waals surface area (Å²) >= 11 is 1.90. The van der Waals surface area contributed by atoms with Crippen LogP contribution in [0.1, 0.15) is 12.8 Å². The van der Waals surface area contributed by atoms with Gasteiger partial charge in [-0.2, -0.15) is 11.8 Å². The van der Waals surface area contributed by atoms with Crippen LogP contribution in [0, 0.1) is 0 Å². The molecule has 4 heteroatoms. The van der Waals surface area contributed by atoms with Gasteiger partial charge in [-0.3, -0.25) is 4.99 Å². The Morgan fingerprint density at radius 3 is 2.07 bits per heavy atom. The van der Waals surface area contributed by atoms with E-state index in [4.69, 9.17) is 0 Å². The number of nitrogens with zero attached hydrogens (tertiary/aromatic N) is 3. The molecule has 0 heterocycles. The van der Waals surface area contributed by atoms with Gasteiger partial charge in [0.2, 0.25) is 0 Å². The zero-order valence-electron chi connectivity index (χ0n) is 10.1. The highest BCUT2D eigenvalue weighted by Gasteiger charge is 2.02. The van der Waals surface area contributed by atoms with Crippen LogP contribution < -0.4 is 0 Å². The predicted octanol–water partition coefficient (Wildman–Crippen LogP) is 1.61. The third-order valence-corrected chi connectivity index (χ3v) is 2.51. The third-order valence-electron chi connectivity index (χ3n) is 1.81. The molecule has 0 aliphatic heterocycles. The summed E-state index contributed by atoms with van der Waals surface area (Å²) in [6.07, 6.45) is 4.60. The molecule has 0 radical (unpaired) electrons. The average Bonchev–Trinajstić information content (AvgIpc) is 2.09. The van der Waals surface area contributed by atoms with E-state index in [1.54, 1.807) is 0 Å². The second kappa shape index (κ2) is 7.97. The third kappa shape index (κ3) is 6.13. The summed E-state index contributed by atoms with van der Waals surface area (Å²) in [5.41, 5.74) is 0. The van der Waals surface area contributed by atoms with Crippen LogP contribution in [0.4, 0.5) is 0 Å². The van der Waals surface area contributed by atoms with Crippen molar-refractivity contribution < 1.29 is 0 Å². The Morgan fingerprint density at radius 1 is 1.07 bits per heavy atom. The number of aliphatic imine (C=N–C) groups is 1. The Labute approximate surface area is 92.6 Å². The lowest BCUT2D eigenvalue weighted by molar-refractivity contribution is 0.479. The van der Waals surface area contributed by atoms with E-state index in [1.807, 2.05) is 40.0 Å². The lowest BCUT2D eigenvalue weighted by atomic mass is 10.3. The second-order valence-corrected chi connectivity index (χ2v) is 4.66. The number of hydrogen-bond donors (Lipinski definition) is 0. The largest absolute Gasteiger partial charge is 0.349 e. The highest BCUT2D eigenvalue weighted by Crippen LogP contribution is 2.00. The smallest absolute Gasteiger partial charge is 0.195 e. The fourth-order valence-electron chi connectivity index (χ4n) is 1.22. The summed E-state index contributed by atoms with van der Waals surface area (Å²) in [7, 11) is 8.11. The van der Waals surface area contributed by atoms with Crippen molar-refractivity contribution in [3.05, 3.63) is 0 Å². The fraction of sp³-hybridized carbons (Fsp3) is 0.900. The van der Waals surface area contributed by atoms with Crippen molar-refractivity contribution in [2.45, 2.75) is 12.8 Å². The molecule has 14 heavy (non-hydrogen) atoms. The minimum Gasteiger partial charge on any atom is -0.349 e. The summed E-state index contributed by atoms with van der Waals surface area (Å²) in [5, 5.41) is 0. The number of guanidine groups is 1. The first-order valence-corrected chi connectivity index (χ1v) is 6.37. The molecular formula is C10H23N3S. The summed E-state index contributed by atoms with van der Waals surface area (Å²) in [6.45, 7) is 0.937. The summed E-state index contributed by atoms with van der Waals surface area (Å²) in [6, 6.07) is 0. The van der Waals surface area contributed by atoms with E-state index in [2.05, 4.69) is 21.0 Å². The maximum absolute atomic E-state index is 4.55. The van der Waals surface area contributed by atoms with Crippen molar-refractivity contribution >= 4 is 17.7 Å². The Hall–Kier alpha value is -0.380. The number of thioether (sulfide) groups is 1. The topological polar surface area (TPSA) is 18.8 Å². The lowest BCUT2D eigenvalue weighted by Crippen LogP contribution is -2.35. The molecule has 0 atom stereocenters. The SMILES string of the molecule is CSCCCCN=C(N(C)C)N(C)C. The van der Waals surface area contributed by atoms with Gasteiger partial charge in [0.05, 0.1) is 0 Å². The van der Waals surface area contributed by atoms with Crippen LogP contribution >= 0.6 is 11.8 Å². The Kier molecular flexibility index (Phi) is 7.76. The first kappa shape index (κ1) is 13.6. The van der Waals surface area contributed by atoms with E-state index in [0.29, 0.717) is 0 Å². The molecule has 0 amide bonds. The second-order valence-electron chi connectivity index (χ2n) is 3.67. The van der Waals surface area contributed by atoms with Crippen LogP contribution in [-0.2, 0) is 0 Å². The Morgan fingerprint density at radius 2 is 1.64 bits per heavy atom. The van der Waals surface area contributed by atoms with E-state index < -0.39 is 0 Å². The zero-order valence-corrected chi connectivity index (χ0v) is 10.9. The molecule has 84 valence electrons. The quantitative estimate of drug-likeness (QED) is 0.396. The van der Waals surface area contributed by atoms with Crippen molar-refractivity contribution in [2.75, 3.05) is 46.7 Å². The van der Waals surface area contributed by atoms with Gasteiger partial charge in [-0.25, -0.2) is 0 Å². The van der Waals surface area contributed by atoms with E-state index >= 15 is 0 Å². The maximum atomic E-state index is 4.55. The van der Waals surface area contributed by atoms with Crippen molar-refractivity contribution in [3.8, 4) is 0 Å². The number of unbranched alkanes of at least 4 members (excludes halogenated alkanes) is 1. The molecule has 0 aromatic heterocycles. The van der Waals surface area contributed by atoms with E-state index in [1.165, 1.54) is 18.6 Å². The normalized spacial score (nSPS) is 9.79. The molecule has 0 N–H and O–H groups in total. The van der Waals surface area contributed by atoms with Crippen LogP contribution in [0.3, 0.4) is 0 Å². The molecule has 0 aliphatic rings. The van der Waals surface area contributed by atoms with Crippen molar-refractivity contribution in [2.24, 2.45) is 4.99 Å². The molecular weight excluding hydrogens is 194 g/mol. The molecule has 3 nitrogen and oxygen atoms in total. The van der Waals surface area contributed by atoms with Gasteiger partial charge in [-0.15, -0.1) is 0 Å². The molecule has 0 bridgehead atoms. The van der Waals surface area contributed by atoms with Crippen LogP contribution in [0.2, 0.25) is 0 Å². The molecule has 0 unspecified atom stereocenters. The van der Waals surface area contributed by atoms with Crippen molar-refractivity contribution in [1.29, 1.82) is 0 Å². The summed E-state index contributed by atoms with van der Waals surface area (Å²) in [4.78, 5) is 8.65. The summed E-state index contributed by atoms with van der Waals surface area (Å²) < 4.78 is 0. The maximum Gasteiger partial charge on any atom is 0.195 e. The van der Waals surface area contributed by atoms with Gasteiger partial charge in [-0.1, -0.05) is 0 Å². The number of hydrogen-bond acceptors (Lipinski definition) is 2. The molecule has 0 aliphatic carbocycles. The van der Waals surface area contributed by atoms with Crippen LogP contribution in [0.15, 0.2) is 4.99 Å². The van der Waals surface area contributed by atoms with Crippen LogP contribution in [-0.4, -0.2) is 62.5 Å². The van der Waals surface area contributed by atoms with Gasteiger partial charge in [0, 0.05) is 34.7 Å². The molecule has 0 rings (SSSR count). The van der Waals surface area contributed by atoms with E-state index in [-0.39, 0.29) is 0 Å². The highest BCUT2D eigenvalue weighted by atomic mass is 32.2. The highest BCUT2D eigenvalue weighted by molar-refractivity contribution is 7.98. The van der Waals surface area contributed by atoms with Crippen LogP contribution in [0.25, 0.3) is 0 Å². The molecule has 0 aromatic rings. The summed E-state index contributed by atoms with van der Waals surface area (Å²) in [5.74, 6) is 2.29. The van der Waals surface area contributed by atoms with Gasteiger partial charge in [-0.05, 0) is 24.9 Å². The van der Waals surface area contributed by atoms with Crippen molar-refractivity contribution in [3.63, 3.8) is 0 Å².